The van der Waals surface area contributed by atoms with Gasteiger partial charge in [-0.3, -0.25) is 9.52 Å². The summed E-state index contributed by atoms with van der Waals surface area (Å²) in [6.45, 7) is 2.40. The first kappa shape index (κ1) is 21.3. The number of fused-ring (bicyclic) bond motifs is 1. The minimum Gasteiger partial charge on any atom is -0.326 e. The molecule has 10 heteroatoms. The van der Waals surface area contributed by atoms with Crippen molar-refractivity contribution in [2.24, 2.45) is 0 Å². The first-order valence-corrected chi connectivity index (χ1v) is 12.1. The minimum absolute atomic E-state index is 0.0312. The van der Waals surface area contributed by atoms with E-state index in [4.69, 9.17) is 0 Å². The van der Waals surface area contributed by atoms with Gasteiger partial charge in [0.25, 0.3) is 10.0 Å². The molecule has 3 rings (SSSR count). The third-order valence-electron chi connectivity index (χ3n) is 4.65. The third kappa shape index (κ3) is 4.60. The SMILES string of the molecule is CCCCN(C)S(=O)(=O)c1ccc(NS(=O)(=O)c2ccc3c(c2)CC(=O)N3)cc1. The average Bonchev–Trinajstić information content (AvgIpc) is 3.05. The van der Waals surface area contributed by atoms with E-state index in [1.54, 1.807) is 6.07 Å². The number of anilines is 2. The molecule has 1 amide bonds. The fourth-order valence-corrected chi connectivity index (χ4v) is 5.28. The Morgan fingerprint density at radius 3 is 2.34 bits per heavy atom. The fourth-order valence-electron chi connectivity index (χ4n) is 2.96. The van der Waals surface area contributed by atoms with E-state index in [0.717, 1.165) is 12.8 Å². The van der Waals surface area contributed by atoms with E-state index in [1.807, 2.05) is 6.92 Å². The lowest BCUT2D eigenvalue weighted by Crippen LogP contribution is -2.27. The second-order valence-corrected chi connectivity index (χ2v) is 10.6. The van der Waals surface area contributed by atoms with E-state index in [2.05, 4.69) is 10.0 Å². The first-order chi connectivity index (χ1) is 13.6. The fraction of sp³-hybridized carbons (Fsp3) is 0.316. The van der Waals surface area contributed by atoms with Crippen LogP contribution in [0.3, 0.4) is 0 Å². The van der Waals surface area contributed by atoms with Crippen LogP contribution >= 0.6 is 0 Å². The predicted octanol–water partition coefficient (Wildman–Crippen LogP) is 2.40. The lowest BCUT2D eigenvalue weighted by atomic mass is 10.2. The van der Waals surface area contributed by atoms with Gasteiger partial charge in [-0.05, 0) is 54.4 Å². The van der Waals surface area contributed by atoms with Crippen molar-refractivity contribution in [1.82, 2.24) is 4.31 Å². The van der Waals surface area contributed by atoms with Gasteiger partial charge in [-0.15, -0.1) is 0 Å². The minimum atomic E-state index is -3.88. The highest BCUT2D eigenvalue weighted by atomic mass is 32.2. The molecule has 1 aliphatic heterocycles. The van der Waals surface area contributed by atoms with Gasteiger partial charge < -0.3 is 5.32 Å². The topological polar surface area (TPSA) is 113 Å². The average molecular weight is 438 g/mol. The smallest absolute Gasteiger partial charge is 0.261 e. The van der Waals surface area contributed by atoms with Crippen LogP contribution in [0.15, 0.2) is 52.3 Å². The zero-order valence-electron chi connectivity index (χ0n) is 16.2. The highest BCUT2D eigenvalue weighted by Gasteiger charge is 2.23. The molecule has 1 heterocycles. The van der Waals surface area contributed by atoms with Gasteiger partial charge in [-0.2, -0.15) is 0 Å². The van der Waals surface area contributed by atoms with Crippen molar-refractivity contribution in [3.8, 4) is 0 Å². The summed E-state index contributed by atoms with van der Waals surface area (Å²) in [5.74, 6) is -0.178. The van der Waals surface area contributed by atoms with Crippen molar-refractivity contribution in [1.29, 1.82) is 0 Å². The van der Waals surface area contributed by atoms with Crippen LogP contribution in [0, 0.1) is 0 Å². The summed E-state index contributed by atoms with van der Waals surface area (Å²) in [6.07, 6.45) is 1.78. The Balaban J connectivity index is 1.77. The molecule has 0 saturated carbocycles. The highest BCUT2D eigenvalue weighted by molar-refractivity contribution is 7.92. The molecule has 8 nitrogen and oxygen atoms in total. The van der Waals surface area contributed by atoms with Crippen LogP contribution in [0.2, 0.25) is 0 Å². The molecule has 0 unspecified atom stereocenters. The number of hydrogen-bond acceptors (Lipinski definition) is 5. The van der Waals surface area contributed by atoms with Crippen molar-refractivity contribution >= 4 is 37.3 Å². The monoisotopic (exact) mass is 437 g/mol. The molecule has 29 heavy (non-hydrogen) atoms. The maximum absolute atomic E-state index is 12.6. The van der Waals surface area contributed by atoms with E-state index in [1.165, 1.54) is 47.8 Å². The lowest BCUT2D eigenvalue weighted by Gasteiger charge is -2.17. The molecule has 0 atom stereocenters. The van der Waals surface area contributed by atoms with Gasteiger partial charge in [0.15, 0.2) is 0 Å². The van der Waals surface area contributed by atoms with Gasteiger partial charge in [-0.25, -0.2) is 21.1 Å². The van der Waals surface area contributed by atoms with Crippen molar-refractivity contribution in [2.75, 3.05) is 23.6 Å². The van der Waals surface area contributed by atoms with Gasteiger partial charge >= 0.3 is 0 Å². The zero-order valence-corrected chi connectivity index (χ0v) is 17.8. The molecule has 0 saturated heterocycles. The molecular weight excluding hydrogens is 414 g/mol. The lowest BCUT2D eigenvalue weighted by molar-refractivity contribution is -0.115. The number of hydrogen-bond donors (Lipinski definition) is 2. The van der Waals surface area contributed by atoms with E-state index in [9.17, 15) is 21.6 Å². The van der Waals surface area contributed by atoms with Crippen molar-refractivity contribution in [3.05, 3.63) is 48.0 Å². The molecule has 0 bridgehead atoms. The molecule has 0 radical (unpaired) electrons. The zero-order chi connectivity index (χ0) is 21.2. The van der Waals surface area contributed by atoms with Crippen LogP contribution in [-0.2, 0) is 31.3 Å². The van der Waals surface area contributed by atoms with Crippen LogP contribution < -0.4 is 10.0 Å². The summed E-state index contributed by atoms with van der Waals surface area (Å²) >= 11 is 0. The van der Waals surface area contributed by atoms with Crippen LogP contribution in [0.1, 0.15) is 25.3 Å². The molecule has 0 fully saturated rings. The number of benzene rings is 2. The summed E-state index contributed by atoms with van der Waals surface area (Å²) in [5.41, 5.74) is 1.47. The second kappa shape index (κ2) is 8.13. The summed E-state index contributed by atoms with van der Waals surface area (Å²) in [4.78, 5) is 11.6. The molecule has 0 spiro atoms. The Morgan fingerprint density at radius 2 is 1.69 bits per heavy atom. The molecule has 0 aromatic heterocycles. The van der Waals surface area contributed by atoms with Crippen molar-refractivity contribution < 1.29 is 21.6 Å². The second-order valence-electron chi connectivity index (χ2n) is 6.85. The number of nitrogens with zero attached hydrogens (tertiary/aromatic N) is 1. The van der Waals surface area contributed by atoms with Crippen LogP contribution in [0.4, 0.5) is 11.4 Å². The number of rotatable bonds is 8. The molecule has 2 aromatic carbocycles. The largest absolute Gasteiger partial charge is 0.326 e. The van der Waals surface area contributed by atoms with Crippen LogP contribution in [-0.4, -0.2) is 40.6 Å². The molecule has 2 aromatic rings. The summed E-state index contributed by atoms with van der Waals surface area (Å²) in [7, 11) is -5.97. The van der Waals surface area contributed by atoms with Gasteiger partial charge in [0, 0.05) is 25.0 Å². The van der Waals surface area contributed by atoms with E-state index < -0.39 is 20.0 Å². The highest BCUT2D eigenvalue weighted by Crippen LogP contribution is 2.27. The van der Waals surface area contributed by atoms with Crippen molar-refractivity contribution in [2.45, 2.75) is 36.0 Å². The Bertz CT molecular complexity index is 1130. The van der Waals surface area contributed by atoms with Crippen LogP contribution in [0.5, 0.6) is 0 Å². The summed E-state index contributed by atoms with van der Waals surface area (Å²) in [6, 6.07) is 10.00. The van der Waals surface area contributed by atoms with Crippen molar-refractivity contribution in [3.63, 3.8) is 0 Å². The quantitative estimate of drug-likeness (QED) is 0.658. The van der Waals surface area contributed by atoms with Gasteiger partial charge in [0.05, 0.1) is 16.2 Å². The number of nitrogens with one attached hydrogen (secondary N) is 2. The summed E-state index contributed by atoms with van der Waals surface area (Å²) < 4.78 is 54.1. The van der Waals surface area contributed by atoms with E-state index in [0.29, 0.717) is 17.8 Å². The van der Waals surface area contributed by atoms with Gasteiger partial charge in [0.2, 0.25) is 15.9 Å². The maximum Gasteiger partial charge on any atom is 0.261 e. The number of amides is 1. The molecular formula is C19H23N3O5S2. The molecule has 156 valence electrons. The Hall–Kier alpha value is -2.43. The molecule has 1 aliphatic rings. The standard InChI is InChI=1S/C19H23N3O5S2/c1-3-4-11-22(2)29(26,27)16-7-5-15(6-8-16)21-28(24,25)17-9-10-18-14(12-17)13-19(23)20-18/h5-10,12,21H,3-4,11,13H2,1-2H3,(H,20,23). The third-order valence-corrected chi connectivity index (χ3v) is 7.90. The van der Waals surface area contributed by atoms with Gasteiger partial charge in [-0.1, -0.05) is 13.3 Å². The van der Waals surface area contributed by atoms with E-state index in [-0.39, 0.29) is 27.8 Å². The summed E-state index contributed by atoms with van der Waals surface area (Å²) in [5, 5.41) is 2.65. The first-order valence-electron chi connectivity index (χ1n) is 9.15. The number of carbonyl (C=O) groups is 1. The Morgan fingerprint density at radius 1 is 1.03 bits per heavy atom. The molecule has 0 aliphatic carbocycles. The molecule has 2 N–H and O–H groups in total. The van der Waals surface area contributed by atoms with Crippen LogP contribution in [0.25, 0.3) is 0 Å². The van der Waals surface area contributed by atoms with Gasteiger partial charge in [0.1, 0.15) is 0 Å². The predicted molar refractivity (Wildman–Crippen MR) is 111 cm³/mol. The number of sulfonamides is 2. The van der Waals surface area contributed by atoms with E-state index >= 15 is 0 Å². The maximum atomic E-state index is 12.6. The number of carbonyl (C=O) groups excluding carboxylic acids is 1. The Labute approximate surface area is 171 Å². The number of unbranched alkanes of at least 4 members (excludes halogenated alkanes) is 1. The Kier molecular flexibility index (Phi) is 5.97. The normalized spacial score (nSPS) is 14.0.